The Balaban J connectivity index is 2.26. The van der Waals surface area contributed by atoms with E-state index in [1.54, 1.807) is 6.08 Å². The fraction of sp³-hybridized carbons (Fsp3) is 0.308. The lowest BCUT2D eigenvalue weighted by Crippen LogP contribution is -2.49. The summed E-state index contributed by atoms with van der Waals surface area (Å²) in [6.07, 6.45) is 2.71. The van der Waals surface area contributed by atoms with Gasteiger partial charge in [-0.05, 0) is 23.9 Å². The lowest BCUT2D eigenvalue weighted by Gasteiger charge is -2.27. The summed E-state index contributed by atoms with van der Waals surface area (Å²) in [5.74, 6) is -1.61. The van der Waals surface area contributed by atoms with E-state index in [2.05, 4.69) is 0 Å². The molecule has 4 nitrogen and oxygen atoms in total. The van der Waals surface area contributed by atoms with Crippen LogP contribution >= 0.6 is 35.3 Å². The Hall–Kier alpha value is -1.18. The highest BCUT2D eigenvalue weighted by Gasteiger charge is 2.37. The molecule has 1 saturated heterocycles. The molecular weight excluding hydrogens is 314 g/mol. The van der Waals surface area contributed by atoms with Gasteiger partial charge in [0.05, 0.1) is 16.9 Å². The Labute approximate surface area is 130 Å². The Morgan fingerprint density at radius 2 is 2.35 bits per heavy atom. The highest BCUT2D eigenvalue weighted by molar-refractivity contribution is 8.26. The van der Waals surface area contributed by atoms with Crippen LogP contribution in [0.5, 0.6) is 0 Å². The summed E-state index contributed by atoms with van der Waals surface area (Å²) in [5.41, 5.74) is 0. The van der Waals surface area contributed by atoms with E-state index >= 15 is 0 Å². The van der Waals surface area contributed by atoms with Gasteiger partial charge in [0, 0.05) is 4.88 Å². The first-order valence-electron chi connectivity index (χ1n) is 6.06. The SMILES string of the molecule is CCC[C@H](C(=O)[O-])N1C(=O)/C(=C/c2cccs2)SC1=S. The number of rotatable bonds is 5. The molecule has 106 valence electrons. The molecule has 1 aliphatic rings. The third-order valence-electron chi connectivity index (χ3n) is 2.79. The zero-order valence-corrected chi connectivity index (χ0v) is 13.1. The first-order chi connectivity index (χ1) is 9.54. The van der Waals surface area contributed by atoms with Gasteiger partial charge in [0.2, 0.25) is 0 Å². The third kappa shape index (κ3) is 3.11. The molecule has 1 amide bonds. The van der Waals surface area contributed by atoms with Crippen LogP contribution in [0.1, 0.15) is 24.6 Å². The van der Waals surface area contributed by atoms with Gasteiger partial charge in [0.15, 0.2) is 0 Å². The number of nitrogens with zero attached hydrogens (tertiary/aromatic N) is 1. The molecule has 0 spiro atoms. The van der Waals surface area contributed by atoms with Crippen molar-refractivity contribution >= 4 is 57.6 Å². The average Bonchev–Trinajstić information content (AvgIpc) is 2.98. The van der Waals surface area contributed by atoms with Crippen molar-refractivity contribution in [2.45, 2.75) is 25.8 Å². The number of amides is 1. The maximum atomic E-state index is 12.3. The molecule has 7 heteroatoms. The Kier molecular flexibility index (Phi) is 4.95. The molecule has 2 heterocycles. The van der Waals surface area contributed by atoms with Crippen LogP contribution in [-0.4, -0.2) is 27.1 Å². The minimum Gasteiger partial charge on any atom is -0.548 e. The lowest BCUT2D eigenvalue weighted by atomic mass is 10.1. The largest absolute Gasteiger partial charge is 0.548 e. The Morgan fingerprint density at radius 1 is 1.60 bits per heavy atom. The number of thioether (sulfide) groups is 1. The number of hydrogen-bond acceptors (Lipinski definition) is 6. The zero-order chi connectivity index (χ0) is 14.7. The molecule has 0 aliphatic carbocycles. The Bertz CT molecular complexity index is 565. The number of aliphatic carboxylic acids is 1. The van der Waals surface area contributed by atoms with Gasteiger partial charge in [0.1, 0.15) is 4.32 Å². The topological polar surface area (TPSA) is 60.4 Å². The van der Waals surface area contributed by atoms with Crippen LogP contribution in [0.15, 0.2) is 22.4 Å². The molecule has 2 rings (SSSR count). The van der Waals surface area contributed by atoms with Gasteiger partial charge in [0.25, 0.3) is 5.91 Å². The van der Waals surface area contributed by atoms with Gasteiger partial charge < -0.3 is 9.90 Å². The van der Waals surface area contributed by atoms with Crippen molar-refractivity contribution in [1.29, 1.82) is 0 Å². The van der Waals surface area contributed by atoms with Crippen LogP contribution < -0.4 is 5.11 Å². The highest BCUT2D eigenvalue weighted by Crippen LogP contribution is 2.35. The van der Waals surface area contributed by atoms with Gasteiger partial charge in [-0.3, -0.25) is 9.69 Å². The van der Waals surface area contributed by atoms with Crippen molar-refractivity contribution in [3.05, 3.63) is 27.3 Å². The van der Waals surface area contributed by atoms with Crippen LogP contribution in [0.4, 0.5) is 0 Å². The van der Waals surface area contributed by atoms with E-state index < -0.39 is 12.0 Å². The summed E-state index contributed by atoms with van der Waals surface area (Å²) in [4.78, 5) is 26.1. The van der Waals surface area contributed by atoms with E-state index in [1.807, 2.05) is 24.4 Å². The number of hydrogen-bond donors (Lipinski definition) is 0. The quantitative estimate of drug-likeness (QED) is 0.611. The summed E-state index contributed by atoms with van der Waals surface area (Å²) < 4.78 is 0.278. The molecule has 0 N–H and O–H groups in total. The van der Waals surface area contributed by atoms with Crippen molar-refractivity contribution in [2.24, 2.45) is 0 Å². The summed E-state index contributed by atoms with van der Waals surface area (Å²) in [6.45, 7) is 1.86. The van der Waals surface area contributed by atoms with Crippen LogP contribution in [-0.2, 0) is 9.59 Å². The van der Waals surface area contributed by atoms with Crippen molar-refractivity contribution in [2.75, 3.05) is 0 Å². The second-order valence-corrected chi connectivity index (χ2v) is 6.85. The summed E-state index contributed by atoms with van der Waals surface area (Å²) >= 11 is 7.78. The fourth-order valence-electron chi connectivity index (χ4n) is 1.88. The predicted octanol–water partition coefficient (Wildman–Crippen LogP) is 1.87. The monoisotopic (exact) mass is 326 g/mol. The van der Waals surface area contributed by atoms with Gasteiger partial charge >= 0.3 is 0 Å². The molecular formula is C13H12NO3S3-. The van der Waals surface area contributed by atoms with Gasteiger partial charge in [-0.1, -0.05) is 43.4 Å². The zero-order valence-electron chi connectivity index (χ0n) is 10.7. The number of carboxylic acids is 1. The summed E-state index contributed by atoms with van der Waals surface area (Å²) in [5, 5.41) is 13.1. The van der Waals surface area contributed by atoms with Crippen LogP contribution in [0.2, 0.25) is 0 Å². The number of thiophene rings is 1. The predicted molar refractivity (Wildman–Crippen MR) is 83.0 cm³/mol. The Morgan fingerprint density at radius 3 is 2.90 bits per heavy atom. The second-order valence-electron chi connectivity index (χ2n) is 4.19. The average molecular weight is 326 g/mol. The van der Waals surface area contributed by atoms with Crippen LogP contribution in [0.25, 0.3) is 6.08 Å². The minimum absolute atomic E-state index is 0.278. The van der Waals surface area contributed by atoms with Crippen LogP contribution in [0.3, 0.4) is 0 Å². The van der Waals surface area contributed by atoms with Gasteiger partial charge in [-0.25, -0.2) is 0 Å². The van der Waals surface area contributed by atoms with E-state index in [0.717, 1.165) is 21.5 Å². The summed E-state index contributed by atoms with van der Waals surface area (Å²) in [7, 11) is 0. The molecule has 1 aliphatic heterocycles. The second kappa shape index (κ2) is 6.51. The molecule has 1 atom stereocenters. The fourth-order valence-corrected chi connectivity index (χ4v) is 3.96. The maximum Gasteiger partial charge on any atom is 0.266 e. The first kappa shape index (κ1) is 15.2. The lowest BCUT2D eigenvalue weighted by molar-refractivity contribution is -0.310. The number of thiocarbonyl (C=S) groups is 1. The van der Waals surface area contributed by atoms with Gasteiger partial charge in [-0.15, -0.1) is 11.3 Å². The summed E-state index contributed by atoms with van der Waals surface area (Å²) in [6, 6.07) is 2.79. The number of carboxylic acid groups (broad SMARTS) is 1. The highest BCUT2D eigenvalue weighted by atomic mass is 32.2. The standard InChI is InChI=1S/C13H13NO3S3/c1-2-4-9(12(16)17)14-11(15)10(20-13(14)18)7-8-5-3-6-19-8/h3,5-7,9H,2,4H2,1H3,(H,16,17)/p-1/b10-7-/t9-/m1/s1. The molecule has 20 heavy (non-hydrogen) atoms. The molecule has 0 unspecified atom stereocenters. The molecule has 0 saturated carbocycles. The molecule has 1 fully saturated rings. The van der Waals surface area contributed by atoms with Crippen molar-refractivity contribution in [3.63, 3.8) is 0 Å². The number of carbonyl (C=O) groups is 2. The minimum atomic E-state index is -1.26. The molecule has 1 aromatic rings. The van der Waals surface area contributed by atoms with Crippen molar-refractivity contribution < 1.29 is 14.7 Å². The third-order valence-corrected chi connectivity index (χ3v) is 4.94. The number of carbonyl (C=O) groups excluding carboxylic acids is 2. The first-order valence-corrected chi connectivity index (χ1v) is 8.16. The van der Waals surface area contributed by atoms with Gasteiger partial charge in [-0.2, -0.15) is 0 Å². The van der Waals surface area contributed by atoms with E-state index in [4.69, 9.17) is 12.2 Å². The molecule has 0 radical (unpaired) electrons. The van der Waals surface area contributed by atoms with E-state index in [0.29, 0.717) is 17.7 Å². The normalized spacial score (nSPS) is 18.9. The van der Waals surface area contributed by atoms with E-state index in [1.165, 1.54) is 11.3 Å². The maximum absolute atomic E-state index is 12.3. The van der Waals surface area contributed by atoms with Crippen molar-refractivity contribution in [1.82, 2.24) is 4.90 Å². The molecule has 1 aromatic heterocycles. The van der Waals surface area contributed by atoms with E-state index in [9.17, 15) is 14.7 Å². The molecule has 0 aromatic carbocycles. The molecule has 0 bridgehead atoms. The van der Waals surface area contributed by atoms with Crippen molar-refractivity contribution in [3.8, 4) is 0 Å². The van der Waals surface area contributed by atoms with Crippen LogP contribution in [0, 0.1) is 0 Å². The van der Waals surface area contributed by atoms with E-state index in [-0.39, 0.29) is 10.2 Å². The smallest absolute Gasteiger partial charge is 0.266 e.